The highest BCUT2D eigenvalue weighted by molar-refractivity contribution is 7.89. The molecule has 4 aromatic rings. The van der Waals surface area contributed by atoms with Crippen LogP contribution < -0.4 is 4.72 Å². The number of benzene rings is 3. The van der Waals surface area contributed by atoms with Crippen molar-refractivity contribution in [3.05, 3.63) is 90.5 Å². The summed E-state index contributed by atoms with van der Waals surface area (Å²) in [6.45, 7) is 0.291. The summed E-state index contributed by atoms with van der Waals surface area (Å²) < 4.78 is 33.8. The molecular formula is C22H19N3O3S. The Kier molecular flexibility index (Phi) is 5.50. The van der Waals surface area contributed by atoms with E-state index in [2.05, 4.69) is 14.9 Å². The molecule has 1 aromatic heterocycles. The molecule has 0 spiro atoms. The molecule has 0 unspecified atom stereocenters. The molecule has 0 aliphatic carbocycles. The van der Waals surface area contributed by atoms with Crippen LogP contribution in [0.5, 0.6) is 0 Å². The van der Waals surface area contributed by atoms with Crippen LogP contribution in [-0.4, -0.2) is 25.1 Å². The number of rotatable bonds is 7. The van der Waals surface area contributed by atoms with Gasteiger partial charge in [0.05, 0.1) is 10.5 Å². The van der Waals surface area contributed by atoms with E-state index < -0.39 is 10.0 Å². The van der Waals surface area contributed by atoms with Crippen molar-refractivity contribution in [2.75, 3.05) is 6.54 Å². The second-order valence-corrected chi connectivity index (χ2v) is 8.15. The van der Waals surface area contributed by atoms with Gasteiger partial charge in [0.1, 0.15) is 0 Å². The van der Waals surface area contributed by atoms with E-state index in [1.807, 2.05) is 60.7 Å². The van der Waals surface area contributed by atoms with Crippen molar-refractivity contribution in [3.63, 3.8) is 0 Å². The van der Waals surface area contributed by atoms with Crippen LogP contribution in [0.25, 0.3) is 22.8 Å². The van der Waals surface area contributed by atoms with Crippen LogP contribution in [0, 0.1) is 0 Å². The summed E-state index contributed by atoms with van der Waals surface area (Å²) in [6.07, 6.45) is 0.598. The number of aromatic nitrogens is 2. The number of nitrogens with one attached hydrogen (secondary N) is 1. The van der Waals surface area contributed by atoms with Crippen molar-refractivity contribution in [1.82, 2.24) is 14.9 Å². The molecule has 0 saturated heterocycles. The lowest BCUT2D eigenvalue weighted by molar-refractivity contribution is 0.431. The first-order valence-corrected chi connectivity index (χ1v) is 10.6. The molecule has 0 radical (unpaired) electrons. The van der Waals surface area contributed by atoms with Gasteiger partial charge in [-0.05, 0) is 24.1 Å². The van der Waals surface area contributed by atoms with Crippen LogP contribution in [0.2, 0.25) is 0 Å². The molecule has 0 saturated carbocycles. The van der Waals surface area contributed by atoms with Gasteiger partial charge >= 0.3 is 0 Å². The molecule has 0 amide bonds. The van der Waals surface area contributed by atoms with Crippen LogP contribution in [0.1, 0.15) is 5.56 Å². The van der Waals surface area contributed by atoms with Crippen molar-refractivity contribution >= 4 is 10.0 Å². The van der Waals surface area contributed by atoms with Gasteiger partial charge in [0, 0.05) is 12.1 Å². The SMILES string of the molecule is O=S(=O)(NCCc1ccccc1)c1ccccc1-c1nc(-c2ccccc2)no1. The van der Waals surface area contributed by atoms with E-state index in [-0.39, 0.29) is 10.8 Å². The lowest BCUT2D eigenvalue weighted by Crippen LogP contribution is -2.26. The Morgan fingerprint density at radius 2 is 1.48 bits per heavy atom. The Hall–Kier alpha value is -3.29. The van der Waals surface area contributed by atoms with Gasteiger partial charge in [-0.25, -0.2) is 13.1 Å². The van der Waals surface area contributed by atoms with E-state index in [4.69, 9.17) is 4.52 Å². The topological polar surface area (TPSA) is 85.1 Å². The molecule has 0 aliphatic heterocycles. The largest absolute Gasteiger partial charge is 0.334 e. The smallest absolute Gasteiger partial charge is 0.259 e. The average molecular weight is 405 g/mol. The third-order valence-corrected chi connectivity index (χ3v) is 5.93. The van der Waals surface area contributed by atoms with Gasteiger partial charge in [0.25, 0.3) is 5.89 Å². The first kappa shape index (κ1) is 19.0. The van der Waals surface area contributed by atoms with Gasteiger partial charge in [-0.15, -0.1) is 0 Å². The molecule has 4 rings (SSSR count). The van der Waals surface area contributed by atoms with E-state index in [0.29, 0.717) is 24.4 Å². The van der Waals surface area contributed by atoms with Gasteiger partial charge in [0.15, 0.2) is 0 Å². The lowest BCUT2D eigenvalue weighted by Gasteiger charge is -2.09. The monoisotopic (exact) mass is 405 g/mol. The van der Waals surface area contributed by atoms with Crippen molar-refractivity contribution in [2.45, 2.75) is 11.3 Å². The molecule has 29 heavy (non-hydrogen) atoms. The van der Waals surface area contributed by atoms with E-state index in [0.717, 1.165) is 11.1 Å². The van der Waals surface area contributed by atoms with Gasteiger partial charge in [-0.3, -0.25) is 0 Å². The van der Waals surface area contributed by atoms with E-state index in [1.54, 1.807) is 18.2 Å². The molecule has 1 heterocycles. The number of hydrogen-bond donors (Lipinski definition) is 1. The summed E-state index contributed by atoms with van der Waals surface area (Å²) in [7, 11) is -3.74. The second-order valence-electron chi connectivity index (χ2n) is 6.42. The predicted molar refractivity (Wildman–Crippen MR) is 111 cm³/mol. The lowest BCUT2D eigenvalue weighted by atomic mass is 10.2. The van der Waals surface area contributed by atoms with Crippen LogP contribution >= 0.6 is 0 Å². The van der Waals surface area contributed by atoms with Gasteiger partial charge in [-0.1, -0.05) is 78.0 Å². The molecule has 6 nitrogen and oxygen atoms in total. The number of nitrogens with zero attached hydrogens (tertiary/aromatic N) is 2. The summed E-state index contributed by atoms with van der Waals surface area (Å²) in [5.41, 5.74) is 2.23. The minimum atomic E-state index is -3.74. The standard InChI is InChI=1S/C22H19N3O3S/c26-29(27,23-16-15-17-9-3-1-4-10-17)20-14-8-7-13-19(20)22-24-21(25-28-22)18-11-5-2-6-12-18/h1-14,23H,15-16H2. The Bertz CT molecular complexity index is 1190. The zero-order valence-electron chi connectivity index (χ0n) is 15.5. The molecule has 0 aliphatic rings. The Balaban J connectivity index is 1.57. The third-order valence-electron chi connectivity index (χ3n) is 4.41. The summed E-state index contributed by atoms with van der Waals surface area (Å²) >= 11 is 0. The third kappa shape index (κ3) is 4.42. The molecule has 7 heteroatoms. The zero-order chi connectivity index (χ0) is 20.1. The summed E-state index contributed by atoms with van der Waals surface area (Å²) in [5, 5.41) is 3.99. The number of sulfonamides is 1. The van der Waals surface area contributed by atoms with Crippen LogP contribution in [0.15, 0.2) is 94.3 Å². The normalized spacial score (nSPS) is 11.4. The van der Waals surface area contributed by atoms with E-state index in [1.165, 1.54) is 6.07 Å². The van der Waals surface area contributed by atoms with Crippen molar-refractivity contribution < 1.29 is 12.9 Å². The molecule has 0 fully saturated rings. The molecule has 3 aromatic carbocycles. The summed E-state index contributed by atoms with van der Waals surface area (Å²) in [6, 6.07) is 25.7. The average Bonchev–Trinajstić information content (AvgIpc) is 3.25. The summed E-state index contributed by atoms with van der Waals surface area (Å²) in [5.74, 6) is 0.567. The second kappa shape index (κ2) is 8.38. The Labute approximate surface area is 169 Å². The van der Waals surface area contributed by atoms with Crippen LogP contribution in [-0.2, 0) is 16.4 Å². The molecule has 0 atom stereocenters. The van der Waals surface area contributed by atoms with Crippen molar-refractivity contribution in [2.24, 2.45) is 0 Å². The predicted octanol–water partition coefficient (Wildman–Crippen LogP) is 3.92. The molecule has 146 valence electrons. The van der Waals surface area contributed by atoms with Crippen LogP contribution in [0.4, 0.5) is 0 Å². The van der Waals surface area contributed by atoms with Gasteiger partial charge in [-0.2, -0.15) is 4.98 Å². The van der Waals surface area contributed by atoms with E-state index in [9.17, 15) is 8.42 Å². The minimum absolute atomic E-state index is 0.108. The highest BCUT2D eigenvalue weighted by Gasteiger charge is 2.22. The fourth-order valence-electron chi connectivity index (χ4n) is 2.97. The van der Waals surface area contributed by atoms with Gasteiger partial charge < -0.3 is 4.52 Å². The molecule has 0 bridgehead atoms. The maximum atomic E-state index is 12.9. The van der Waals surface area contributed by atoms with E-state index >= 15 is 0 Å². The minimum Gasteiger partial charge on any atom is -0.334 e. The first-order valence-electron chi connectivity index (χ1n) is 9.15. The summed E-state index contributed by atoms with van der Waals surface area (Å²) in [4.78, 5) is 4.49. The molecule has 1 N–H and O–H groups in total. The Morgan fingerprint density at radius 1 is 0.828 bits per heavy atom. The van der Waals surface area contributed by atoms with Gasteiger partial charge in [0.2, 0.25) is 15.8 Å². The maximum absolute atomic E-state index is 12.9. The molecular weight excluding hydrogens is 386 g/mol. The number of hydrogen-bond acceptors (Lipinski definition) is 5. The van der Waals surface area contributed by atoms with Crippen molar-refractivity contribution in [1.29, 1.82) is 0 Å². The fraction of sp³-hybridized carbons (Fsp3) is 0.0909. The fourth-order valence-corrected chi connectivity index (χ4v) is 4.20. The van der Waals surface area contributed by atoms with Crippen molar-refractivity contribution in [3.8, 4) is 22.8 Å². The zero-order valence-corrected chi connectivity index (χ0v) is 16.3. The quantitative estimate of drug-likeness (QED) is 0.504. The first-order chi connectivity index (χ1) is 14.1. The maximum Gasteiger partial charge on any atom is 0.259 e. The highest BCUT2D eigenvalue weighted by Crippen LogP contribution is 2.27. The van der Waals surface area contributed by atoms with Crippen LogP contribution in [0.3, 0.4) is 0 Å². The Morgan fingerprint density at radius 3 is 2.24 bits per heavy atom. The highest BCUT2D eigenvalue weighted by atomic mass is 32.2.